The molecule has 0 saturated heterocycles. The number of carbonyl (C=O) groups excluding carboxylic acids is 3. The van der Waals surface area contributed by atoms with Crippen molar-refractivity contribution in [3.63, 3.8) is 0 Å². The molecule has 0 aromatic carbocycles. The van der Waals surface area contributed by atoms with Crippen LogP contribution in [0.25, 0.3) is 0 Å². The van der Waals surface area contributed by atoms with Crippen LogP contribution in [0.15, 0.2) is 0 Å². The maximum atomic E-state index is 11.9. The first kappa shape index (κ1) is 36.9. The minimum absolute atomic E-state index is 0.0485. The second kappa shape index (κ2) is 30.5. The summed E-state index contributed by atoms with van der Waals surface area (Å²) in [6.07, 6.45) is 15.0. The van der Waals surface area contributed by atoms with E-state index >= 15 is 0 Å². The van der Waals surface area contributed by atoms with Gasteiger partial charge in [-0.1, -0.05) is 64.2 Å². The Morgan fingerprint density at radius 2 is 0.974 bits per heavy atom. The fourth-order valence-electron chi connectivity index (χ4n) is 3.73. The summed E-state index contributed by atoms with van der Waals surface area (Å²) in [6.45, 7) is 2.92. The largest absolute Gasteiger partial charge is 0.481 e. The molecule has 0 aliphatic carbocycles. The van der Waals surface area contributed by atoms with E-state index in [1.807, 2.05) is 0 Å². The Morgan fingerprint density at radius 1 is 0.538 bits per heavy atom. The summed E-state index contributed by atoms with van der Waals surface area (Å²) in [6, 6.07) is 0. The zero-order chi connectivity index (χ0) is 28.7. The highest BCUT2D eigenvalue weighted by Crippen LogP contribution is 2.13. The van der Waals surface area contributed by atoms with Gasteiger partial charge >= 0.3 is 5.97 Å². The zero-order valence-electron chi connectivity index (χ0n) is 23.8. The van der Waals surface area contributed by atoms with Crippen LogP contribution in [0.3, 0.4) is 0 Å². The lowest BCUT2D eigenvalue weighted by Crippen LogP contribution is -2.31. The summed E-state index contributed by atoms with van der Waals surface area (Å²) >= 11 is 0. The third kappa shape index (κ3) is 32.0. The monoisotopic (exact) mass is 560 g/mol. The molecule has 11 heteroatoms. The number of nitrogens with one attached hydrogen (secondary N) is 2. The molecule has 11 nitrogen and oxygen atoms in total. The van der Waals surface area contributed by atoms with Crippen LogP contribution in [-0.2, 0) is 38.1 Å². The molecule has 39 heavy (non-hydrogen) atoms. The van der Waals surface area contributed by atoms with Crippen molar-refractivity contribution in [2.24, 2.45) is 0 Å². The van der Waals surface area contributed by atoms with Gasteiger partial charge in [0.2, 0.25) is 11.8 Å². The highest BCUT2D eigenvalue weighted by Gasteiger charge is 2.03. The first-order valence-electron chi connectivity index (χ1n) is 14.6. The number of hydrogen-bond acceptors (Lipinski definition) is 8. The van der Waals surface area contributed by atoms with Crippen LogP contribution in [0.5, 0.6) is 0 Å². The van der Waals surface area contributed by atoms with Crippen LogP contribution >= 0.6 is 0 Å². The summed E-state index contributed by atoms with van der Waals surface area (Å²) < 4.78 is 20.8. The van der Waals surface area contributed by atoms with Gasteiger partial charge in [-0.3, -0.25) is 14.4 Å². The number of aldehydes is 1. The lowest BCUT2D eigenvalue weighted by atomic mass is 10.0. The number of carbonyl (C=O) groups is 4. The van der Waals surface area contributed by atoms with E-state index in [1.54, 1.807) is 0 Å². The SMILES string of the molecule is O=CCOCCOCCNC(=O)COCCOCCNC(=O)CCCCCCCCCCCCCCC(=O)O. The van der Waals surface area contributed by atoms with Crippen LogP contribution in [-0.4, -0.2) is 95.1 Å². The number of hydrogen-bond donors (Lipinski definition) is 3. The van der Waals surface area contributed by atoms with Crippen molar-refractivity contribution in [2.45, 2.75) is 89.9 Å². The van der Waals surface area contributed by atoms with Gasteiger partial charge in [0.1, 0.15) is 19.5 Å². The summed E-state index contributed by atoms with van der Waals surface area (Å²) in [5, 5.41) is 14.1. The fraction of sp³-hybridized carbons (Fsp3) is 0.857. The van der Waals surface area contributed by atoms with Crippen LogP contribution in [0, 0.1) is 0 Å². The van der Waals surface area contributed by atoms with Gasteiger partial charge in [-0.25, -0.2) is 0 Å². The van der Waals surface area contributed by atoms with Crippen molar-refractivity contribution < 1.29 is 43.2 Å². The molecule has 0 radical (unpaired) electrons. The Hall–Kier alpha value is -2.08. The van der Waals surface area contributed by atoms with E-state index in [4.69, 9.17) is 24.1 Å². The van der Waals surface area contributed by atoms with E-state index < -0.39 is 5.97 Å². The summed E-state index contributed by atoms with van der Waals surface area (Å²) in [5.74, 6) is -0.884. The van der Waals surface area contributed by atoms with Crippen molar-refractivity contribution in [3.8, 4) is 0 Å². The van der Waals surface area contributed by atoms with E-state index in [2.05, 4.69) is 10.6 Å². The standard InChI is InChI=1S/C28H52N2O9/c31-17-20-38-22-21-36-19-16-30-27(33)25-39-24-23-37-18-15-29-26(32)13-11-9-7-5-3-1-2-4-6-8-10-12-14-28(34)35/h17H,1-16,18-25H2,(H,29,32)(H,30,33)(H,34,35). The molecule has 3 N–H and O–H groups in total. The Morgan fingerprint density at radius 3 is 1.49 bits per heavy atom. The molecule has 0 aromatic heterocycles. The Balaban J connectivity index is 3.26. The lowest BCUT2D eigenvalue weighted by Gasteiger charge is -2.08. The topological polar surface area (TPSA) is 149 Å². The molecule has 0 rings (SSSR count). The number of amides is 2. The van der Waals surface area contributed by atoms with Crippen molar-refractivity contribution in [1.29, 1.82) is 0 Å². The van der Waals surface area contributed by atoms with E-state index in [9.17, 15) is 19.2 Å². The average molecular weight is 561 g/mol. The highest BCUT2D eigenvalue weighted by molar-refractivity contribution is 5.77. The Kier molecular flexibility index (Phi) is 28.8. The molecule has 0 spiro atoms. The average Bonchev–Trinajstić information content (AvgIpc) is 2.91. The van der Waals surface area contributed by atoms with Gasteiger partial charge in [0, 0.05) is 25.9 Å². The molecule has 0 unspecified atom stereocenters. The maximum Gasteiger partial charge on any atom is 0.303 e. The van der Waals surface area contributed by atoms with Gasteiger partial charge in [-0.05, 0) is 12.8 Å². The molecule has 0 atom stereocenters. The minimum atomic E-state index is -0.697. The second-order valence-corrected chi connectivity index (χ2v) is 9.36. The van der Waals surface area contributed by atoms with Gasteiger partial charge in [0.25, 0.3) is 0 Å². The smallest absolute Gasteiger partial charge is 0.303 e. The molecule has 0 fully saturated rings. The normalized spacial score (nSPS) is 10.9. The van der Waals surface area contributed by atoms with Crippen molar-refractivity contribution in [3.05, 3.63) is 0 Å². The number of unbranched alkanes of at least 4 members (excludes halogenated alkanes) is 11. The van der Waals surface area contributed by atoms with Gasteiger partial charge in [-0.2, -0.15) is 0 Å². The van der Waals surface area contributed by atoms with Gasteiger partial charge in [-0.15, -0.1) is 0 Å². The first-order chi connectivity index (χ1) is 19.1. The van der Waals surface area contributed by atoms with Crippen molar-refractivity contribution in [2.75, 3.05) is 65.9 Å². The number of carboxylic acids is 1. The van der Waals surface area contributed by atoms with E-state index in [0.717, 1.165) is 38.5 Å². The molecule has 0 bridgehead atoms. The number of ether oxygens (including phenoxy) is 4. The lowest BCUT2D eigenvalue weighted by molar-refractivity contribution is -0.137. The first-order valence-corrected chi connectivity index (χ1v) is 14.6. The number of rotatable bonds is 31. The third-order valence-electron chi connectivity index (χ3n) is 5.84. The molecule has 0 aliphatic heterocycles. The third-order valence-corrected chi connectivity index (χ3v) is 5.84. The second-order valence-electron chi connectivity index (χ2n) is 9.36. The van der Waals surface area contributed by atoms with E-state index in [-0.39, 0.29) is 25.0 Å². The highest BCUT2D eigenvalue weighted by atomic mass is 16.5. The van der Waals surface area contributed by atoms with Crippen LogP contribution in [0.2, 0.25) is 0 Å². The molecular formula is C28H52N2O9. The van der Waals surface area contributed by atoms with E-state index in [1.165, 1.54) is 38.5 Å². The molecule has 0 aliphatic rings. The van der Waals surface area contributed by atoms with Crippen molar-refractivity contribution in [1.82, 2.24) is 10.6 Å². The summed E-state index contributed by atoms with van der Waals surface area (Å²) in [4.78, 5) is 44.0. The quantitative estimate of drug-likeness (QED) is 0.0859. The zero-order valence-corrected chi connectivity index (χ0v) is 23.8. The summed E-state index contributed by atoms with van der Waals surface area (Å²) in [5.41, 5.74) is 0. The minimum Gasteiger partial charge on any atom is -0.481 e. The number of carboxylic acid groups (broad SMARTS) is 1. The maximum absolute atomic E-state index is 11.9. The van der Waals surface area contributed by atoms with Crippen LogP contribution < -0.4 is 10.6 Å². The van der Waals surface area contributed by atoms with Crippen molar-refractivity contribution >= 4 is 24.1 Å². The van der Waals surface area contributed by atoms with Crippen LogP contribution in [0.4, 0.5) is 0 Å². The molecule has 0 aromatic rings. The molecule has 0 heterocycles. The van der Waals surface area contributed by atoms with Gasteiger partial charge in [0.15, 0.2) is 0 Å². The molecule has 2 amide bonds. The Bertz CT molecular complexity index is 606. The Labute approximate surface area is 234 Å². The van der Waals surface area contributed by atoms with Crippen LogP contribution in [0.1, 0.15) is 89.9 Å². The molecule has 0 saturated carbocycles. The molecular weight excluding hydrogens is 508 g/mol. The van der Waals surface area contributed by atoms with Gasteiger partial charge < -0.3 is 39.5 Å². The van der Waals surface area contributed by atoms with E-state index in [0.29, 0.717) is 71.9 Å². The summed E-state index contributed by atoms with van der Waals surface area (Å²) in [7, 11) is 0. The van der Waals surface area contributed by atoms with Gasteiger partial charge in [0.05, 0.1) is 39.6 Å². The molecule has 228 valence electrons. The number of aliphatic carboxylic acids is 1. The fourth-order valence-corrected chi connectivity index (χ4v) is 3.73. The predicted molar refractivity (Wildman–Crippen MR) is 148 cm³/mol. The predicted octanol–water partition coefficient (Wildman–Crippen LogP) is 3.03.